The van der Waals surface area contributed by atoms with Gasteiger partial charge in [-0.1, -0.05) is 43.7 Å². The molecule has 23 heavy (non-hydrogen) atoms. The van der Waals surface area contributed by atoms with Crippen LogP contribution in [-0.2, 0) is 11.3 Å². The van der Waals surface area contributed by atoms with Gasteiger partial charge < -0.3 is 5.32 Å². The quantitative estimate of drug-likeness (QED) is 0.631. The number of nitrogens with zero attached hydrogens (tertiary/aromatic N) is 1. The molecule has 2 aromatic rings. The van der Waals surface area contributed by atoms with Crippen LogP contribution in [0.2, 0.25) is 0 Å². The van der Waals surface area contributed by atoms with E-state index < -0.39 is 0 Å². The Bertz CT molecular complexity index is 651. The van der Waals surface area contributed by atoms with Crippen LogP contribution in [0, 0.1) is 0 Å². The number of hydrogen-bond donors (Lipinski definition) is 1. The summed E-state index contributed by atoms with van der Waals surface area (Å²) in [6.45, 7) is 4.36. The Kier molecular flexibility index (Phi) is 6.03. The third-order valence-electron chi connectivity index (χ3n) is 3.64. The van der Waals surface area contributed by atoms with Gasteiger partial charge in [-0.15, -0.1) is 0 Å². The first-order chi connectivity index (χ1) is 11.1. The zero-order chi connectivity index (χ0) is 16.7. The van der Waals surface area contributed by atoms with Crippen molar-refractivity contribution in [2.24, 2.45) is 0 Å². The molecule has 4 nitrogen and oxygen atoms in total. The molecular weight excluding hydrogens is 288 g/mol. The van der Waals surface area contributed by atoms with E-state index in [1.165, 1.54) is 0 Å². The second-order valence-corrected chi connectivity index (χ2v) is 5.71. The van der Waals surface area contributed by atoms with E-state index in [0.717, 1.165) is 12.8 Å². The van der Waals surface area contributed by atoms with Crippen molar-refractivity contribution in [3.05, 3.63) is 66.0 Å². The summed E-state index contributed by atoms with van der Waals surface area (Å²) < 4.78 is 1.77. The minimum absolute atomic E-state index is 0.0150. The van der Waals surface area contributed by atoms with Gasteiger partial charge in [-0.2, -0.15) is 4.57 Å². The predicted octanol–water partition coefficient (Wildman–Crippen LogP) is 2.51. The molecule has 1 heterocycles. The molecule has 2 rings (SSSR count). The molecule has 0 saturated heterocycles. The molecule has 0 saturated carbocycles. The summed E-state index contributed by atoms with van der Waals surface area (Å²) in [5.74, 6) is -0.0307. The van der Waals surface area contributed by atoms with Gasteiger partial charge in [0.1, 0.15) is 0 Å². The molecule has 0 aliphatic heterocycles. The highest BCUT2D eigenvalue weighted by Gasteiger charge is 2.14. The number of ketones is 1. The van der Waals surface area contributed by atoms with Crippen LogP contribution in [-0.4, -0.2) is 17.7 Å². The zero-order valence-corrected chi connectivity index (χ0v) is 13.7. The van der Waals surface area contributed by atoms with Crippen LogP contribution < -0.4 is 9.88 Å². The summed E-state index contributed by atoms with van der Waals surface area (Å²) in [6, 6.07) is 12.9. The first-order valence-corrected chi connectivity index (χ1v) is 7.98. The number of carbonyl (C=O) groups is 2. The van der Waals surface area contributed by atoms with E-state index >= 15 is 0 Å². The SMILES string of the molecule is CCC[C@H](C)NC(=O)C[n+]1ccc(C(=O)c2ccccc2)cc1. The first kappa shape index (κ1) is 16.9. The van der Waals surface area contributed by atoms with Crippen LogP contribution >= 0.6 is 0 Å². The molecule has 0 bridgehead atoms. The Morgan fingerprint density at radius 3 is 2.26 bits per heavy atom. The van der Waals surface area contributed by atoms with Crippen molar-refractivity contribution in [1.82, 2.24) is 5.32 Å². The minimum Gasteiger partial charge on any atom is -0.348 e. The van der Waals surface area contributed by atoms with Crippen LogP contribution in [0.1, 0.15) is 42.6 Å². The van der Waals surface area contributed by atoms with E-state index in [2.05, 4.69) is 12.2 Å². The predicted molar refractivity (Wildman–Crippen MR) is 89.0 cm³/mol. The third kappa shape index (κ3) is 5.02. The molecule has 1 aromatic heterocycles. The lowest BCUT2D eigenvalue weighted by Gasteiger charge is -2.10. The van der Waals surface area contributed by atoms with Crippen LogP contribution in [0.25, 0.3) is 0 Å². The molecule has 1 N–H and O–H groups in total. The maximum atomic E-state index is 12.3. The Hall–Kier alpha value is -2.49. The van der Waals surface area contributed by atoms with Gasteiger partial charge in [0.2, 0.25) is 6.54 Å². The lowest BCUT2D eigenvalue weighted by molar-refractivity contribution is -0.684. The number of benzene rings is 1. The van der Waals surface area contributed by atoms with Crippen LogP contribution in [0.5, 0.6) is 0 Å². The van der Waals surface area contributed by atoms with Gasteiger partial charge in [0.15, 0.2) is 18.2 Å². The van der Waals surface area contributed by atoms with Gasteiger partial charge in [0.25, 0.3) is 5.91 Å². The van der Waals surface area contributed by atoms with Crippen molar-refractivity contribution in [2.45, 2.75) is 39.3 Å². The highest BCUT2D eigenvalue weighted by Crippen LogP contribution is 2.07. The van der Waals surface area contributed by atoms with Gasteiger partial charge >= 0.3 is 0 Å². The molecular formula is C19H23N2O2+. The van der Waals surface area contributed by atoms with Gasteiger partial charge in [0.05, 0.1) is 0 Å². The molecule has 1 atom stereocenters. The monoisotopic (exact) mass is 311 g/mol. The van der Waals surface area contributed by atoms with Crippen molar-refractivity contribution in [3.63, 3.8) is 0 Å². The fraction of sp³-hybridized carbons (Fsp3) is 0.316. The number of carbonyl (C=O) groups excluding carboxylic acids is 2. The average Bonchev–Trinajstić information content (AvgIpc) is 2.56. The number of hydrogen-bond acceptors (Lipinski definition) is 2. The second kappa shape index (κ2) is 8.22. The normalized spacial score (nSPS) is 11.7. The molecule has 1 amide bonds. The van der Waals surface area contributed by atoms with Crippen molar-refractivity contribution in [1.29, 1.82) is 0 Å². The van der Waals surface area contributed by atoms with Crippen molar-refractivity contribution >= 4 is 11.7 Å². The lowest BCUT2D eigenvalue weighted by Crippen LogP contribution is -2.45. The molecule has 0 fully saturated rings. The van der Waals surface area contributed by atoms with Crippen molar-refractivity contribution < 1.29 is 14.2 Å². The minimum atomic E-state index is -0.0157. The van der Waals surface area contributed by atoms with Gasteiger partial charge in [-0.3, -0.25) is 9.59 Å². The summed E-state index contributed by atoms with van der Waals surface area (Å²) in [7, 11) is 0. The van der Waals surface area contributed by atoms with E-state index in [4.69, 9.17) is 0 Å². The fourth-order valence-corrected chi connectivity index (χ4v) is 2.46. The maximum Gasteiger partial charge on any atom is 0.286 e. The van der Waals surface area contributed by atoms with E-state index in [9.17, 15) is 9.59 Å². The zero-order valence-electron chi connectivity index (χ0n) is 13.7. The van der Waals surface area contributed by atoms with Crippen molar-refractivity contribution in [3.8, 4) is 0 Å². The Morgan fingerprint density at radius 2 is 1.65 bits per heavy atom. The number of aromatic nitrogens is 1. The van der Waals surface area contributed by atoms with E-state index in [0.29, 0.717) is 11.1 Å². The molecule has 0 aliphatic carbocycles. The Balaban J connectivity index is 1.97. The number of rotatable bonds is 7. The van der Waals surface area contributed by atoms with E-state index in [1.807, 2.05) is 25.1 Å². The third-order valence-corrected chi connectivity index (χ3v) is 3.64. The summed E-state index contributed by atoms with van der Waals surface area (Å²) in [5, 5.41) is 2.97. The molecule has 0 radical (unpaired) electrons. The molecule has 0 aliphatic rings. The largest absolute Gasteiger partial charge is 0.348 e. The maximum absolute atomic E-state index is 12.3. The summed E-state index contributed by atoms with van der Waals surface area (Å²) in [6.07, 6.45) is 5.55. The Labute approximate surface area is 137 Å². The first-order valence-electron chi connectivity index (χ1n) is 7.98. The van der Waals surface area contributed by atoms with Gasteiger partial charge in [-0.05, 0) is 13.3 Å². The summed E-state index contributed by atoms with van der Waals surface area (Å²) in [5.41, 5.74) is 1.28. The van der Waals surface area contributed by atoms with Gasteiger partial charge in [-0.25, -0.2) is 0 Å². The molecule has 0 unspecified atom stereocenters. The number of amides is 1. The second-order valence-electron chi connectivity index (χ2n) is 5.71. The summed E-state index contributed by atoms with van der Waals surface area (Å²) >= 11 is 0. The van der Waals surface area contributed by atoms with E-state index in [-0.39, 0.29) is 24.3 Å². The number of pyridine rings is 1. The van der Waals surface area contributed by atoms with Gasteiger partial charge in [0, 0.05) is 29.3 Å². The van der Waals surface area contributed by atoms with Crippen LogP contribution in [0.3, 0.4) is 0 Å². The van der Waals surface area contributed by atoms with Crippen molar-refractivity contribution in [2.75, 3.05) is 0 Å². The lowest BCUT2D eigenvalue weighted by atomic mass is 10.0. The Morgan fingerprint density at radius 1 is 1.04 bits per heavy atom. The topological polar surface area (TPSA) is 50.1 Å². The molecule has 0 spiro atoms. The van der Waals surface area contributed by atoms with Crippen LogP contribution in [0.15, 0.2) is 54.9 Å². The molecule has 1 aromatic carbocycles. The summed E-state index contributed by atoms with van der Waals surface area (Å²) in [4.78, 5) is 24.2. The highest BCUT2D eigenvalue weighted by molar-refractivity contribution is 6.08. The number of nitrogens with one attached hydrogen (secondary N) is 1. The van der Waals surface area contributed by atoms with E-state index in [1.54, 1.807) is 41.2 Å². The highest BCUT2D eigenvalue weighted by atomic mass is 16.2. The smallest absolute Gasteiger partial charge is 0.286 e. The van der Waals surface area contributed by atoms with Crippen LogP contribution in [0.4, 0.5) is 0 Å². The standard InChI is InChI=1S/C19H22N2O2/c1-3-7-15(2)20-18(22)14-21-12-10-17(11-13-21)19(23)16-8-5-4-6-9-16/h4-6,8-13,15H,3,7,14H2,1-2H3/p+1/t15-/m0/s1. The molecule has 4 heteroatoms. The average molecular weight is 311 g/mol. The molecule has 120 valence electrons. The fourth-order valence-electron chi connectivity index (χ4n) is 2.46.